The first kappa shape index (κ1) is 132. The molecular weight excluding hydrogens is 2140 g/mol. The quantitative estimate of drug-likeness (QED) is 0.0716. The van der Waals surface area contributed by atoms with Crippen molar-refractivity contribution < 1.29 is 121 Å². The van der Waals surface area contributed by atoms with E-state index in [-0.39, 0.29) is 121 Å². The molecule has 0 saturated carbocycles. The number of rotatable bonds is 16. The molecule has 0 N–H and O–H groups in total. The van der Waals surface area contributed by atoms with Gasteiger partial charge in [-0.2, -0.15) is 0 Å². The summed E-state index contributed by atoms with van der Waals surface area (Å²) in [5.41, 5.74) is 10.7. The van der Waals surface area contributed by atoms with Crippen LogP contribution < -0.4 is 19.9 Å². The Balaban J connectivity index is -0.000000331. The van der Waals surface area contributed by atoms with Crippen LogP contribution in [0, 0.1) is 0 Å². The Labute approximate surface area is 826 Å². The standard InChI is InChI=1S/4C22H42NP2.2C6H6.2Hg.4Ni/c4*1-19(2,3)24(20(4,5)6)15-17-13-14-18(23-17)16-25(21(7,8)9)22(10,11)12;2*1-2-4-6-5-3-1;;;;;;/h4*13-14H,15-16H2,1-12H3;2*1-6H;;;;;;/q4*-1;;;2*+1;;;;/p+8. The van der Waals surface area contributed by atoms with Crippen LogP contribution in [0.25, 0.3) is 0 Å². The normalized spacial score (nSPS) is 13.2. The fraction of sp³-hybridized carbons (Fsp3) is 0.720. The smallest absolute Gasteiger partial charge is 0.659 e. The molecule has 2 aromatic carbocycles. The van der Waals surface area contributed by atoms with E-state index in [2.05, 4.69) is 381 Å². The van der Waals surface area contributed by atoms with Gasteiger partial charge >= 0.3 is 55.3 Å². The molecule has 0 fully saturated rings. The molecule has 0 amide bonds. The van der Waals surface area contributed by atoms with Crippen molar-refractivity contribution in [1.82, 2.24) is 19.9 Å². The number of benzene rings is 2. The molecule has 0 unspecified atom stereocenters. The zero-order valence-electron chi connectivity index (χ0n) is 85.7. The average Bonchev–Trinajstić information content (AvgIpc) is 1.64. The van der Waals surface area contributed by atoms with Crippen molar-refractivity contribution in [3.8, 4) is 0 Å². The van der Waals surface area contributed by atoms with Gasteiger partial charge in [0, 0.05) is 129 Å². The number of nitrogens with zero attached hydrogens (tertiary/aromatic N) is 4. The molecule has 18 heteroatoms. The summed E-state index contributed by atoms with van der Waals surface area (Å²) in [7, 11) is -4.42. The molecule has 4 aromatic heterocycles. The van der Waals surface area contributed by atoms with Crippen molar-refractivity contribution in [2.75, 3.05) is 0 Å². The van der Waals surface area contributed by atoms with Crippen LogP contribution in [0.3, 0.4) is 0 Å². The third-order valence-corrected chi connectivity index (χ3v) is 56.4. The van der Waals surface area contributed by atoms with Crippen LogP contribution >= 0.6 is 63.4 Å². The predicted molar refractivity (Wildman–Crippen MR) is 544 cm³/mol. The van der Waals surface area contributed by atoms with Crippen molar-refractivity contribution in [1.29, 1.82) is 0 Å². The SMILES string of the molecule is CC(C)(C)[PH+](Cc1ccc(C[PH+](C(C)(C)C)C(C)(C)C)[n-]1)C(C)(C)C.CC(C)(C)[PH+](Cc1ccc(C[PH+](C(C)(C)C)C(C)(C)C)[n-]1)C(C)(C)C.CC(C)(C)[PH+](Cc1ccc(C[PH+](C(C)(C)C)C(C)(C)C)[n-]1)C(C)(C)C.CC(C)(C)[PH+](Cc1ccc(C[PH+](C(C)(C)C)C(C)(C)C)[n-]1)C(C)(C)C.[Hg+].[Hg+].[Ni].[Ni].[Ni].[Ni].c1ccccc1.c1ccccc1. The Hall–Kier alpha value is 2.84. The molecular formula is C100H188Hg2N4Ni4P8+6. The van der Waals surface area contributed by atoms with E-state index >= 15 is 0 Å². The Morgan fingerprint density at radius 2 is 0.203 bits per heavy atom. The monoisotopic (exact) mass is 2330 g/mol. The van der Waals surface area contributed by atoms with Gasteiger partial charge in [0.05, 0.1) is 132 Å². The van der Waals surface area contributed by atoms with Crippen molar-refractivity contribution in [3.63, 3.8) is 0 Å². The Morgan fingerprint density at radius 3 is 0.254 bits per heavy atom. The van der Waals surface area contributed by atoms with Crippen LogP contribution in [0.15, 0.2) is 121 Å². The van der Waals surface area contributed by atoms with Crippen LogP contribution in [-0.4, -0.2) is 82.5 Å². The van der Waals surface area contributed by atoms with E-state index in [0.717, 1.165) is 0 Å². The van der Waals surface area contributed by atoms with E-state index < -0.39 is 63.4 Å². The van der Waals surface area contributed by atoms with E-state index in [0.29, 0.717) is 82.5 Å². The fourth-order valence-corrected chi connectivity index (χ4v) is 49.0. The van der Waals surface area contributed by atoms with E-state index in [4.69, 9.17) is 19.9 Å². The summed E-state index contributed by atoms with van der Waals surface area (Å²) in [5.74, 6) is 0. The zero-order chi connectivity index (χ0) is 87.9. The summed E-state index contributed by atoms with van der Waals surface area (Å²) in [4.78, 5) is 20.4. The van der Waals surface area contributed by atoms with Gasteiger partial charge in [-0.1, -0.05) is 121 Å². The molecule has 0 bridgehead atoms. The number of aromatic nitrogens is 4. The van der Waals surface area contributed by atoms with Crippen molar-refractivity contribution in [2.45, 2.75) is 464 Å². The molecule has 4 nitrogen and oxygen atoms in total. The zero-order valence-corrected chi connectivity index (χ0v) is 109. The Morgan fingerprint density at radius 1 is 0.144 bits per heavy atom. The van der Waals surface area contributed by atoms with E-state index in [1.807, 2.05) is 72.8 Å². The second-order valence-corrected chi connectivity index (χ2v) is 83.7. The largest absolute Gasteiger partial charge is 1.00 e. The summed E-state index contributed by atoms with van der Waals surface area (Å²) in [6.07, 6.45) is 9.48. The topological polar surface area (TPSA) is 56.4 Å². The molecule has 118 heavy (non-hydrogen) atoms. The molecule has 0 aliphatic carbocycles. The minimum atomic E-state index is -0.553. The summed E-state index contributed by atoms with van der Waals surface area (Å²) in [6, 6.07) is 42.5. The first-order valence-electron chi connectivity index (χ1n) is 43.1. The van der Waals surface area contributed by atoms with Crippen LogP contribution in [0.5, 0.6) is 0 Å². The van der Waals surface area contributed by atoms with Crippen molar-refractivity contribution in [3.05, 3.63) is 167 Å². The average molecular weight is 2330 g/mol. The molecule has 6 aromatic rings. The van der Waals surface area contributed by atoms with Gasteiger partial charge in [0.25, 0.3) is 0 Å². The van der Waals surface area contributed by atoms with E-state index in [1.165, 1.54) is 94.8 Å². The third kappa shape index (κ3) is 51.6. The van der Waals surface area contributed by atoms with Crippen LogP contribution in [0.4, 0.5) is 0 Å². The molecule has 0 aliphatic rings. The fourth-order valence-electron chi connectivity index (χ4n) is 18.1. The van der Waals surface area contributed by atoms with E-state index in [1.54, 1.807) is 0 Å². The molecule has 4 heterocycles. The predicted octanol–water partition coefficient (Wildman–Crippen LogP) is 32.4. The Kier molecular flexibility index (Phi) is 59.0. The second kappa shape index (κ2) is 52.9. The maximum atomic E-state index is 5.09. The first-order valence-corrected chi connectivity index (χ1v) is 56.7. The van der Waals surface area contributed by atoms with Gasteiger partial charge in [-0.15, -0.1) is 45.6 Å². The maximum Gasteiger partial charge on any atom is 1.00 e. The second-order valence-electron chi connectivity index (χ2n) is 49.3. The summed E-state index contributed by atoms with van der Waals surface area (Å²) in [6.45, 7) is 116. The molecule has 6 rings (SSSR count). The molecule has 2 radical (unpaired) electrons. The van der Waals surface area contributed by atoms with Gasteiger partial charge in [0.15, 0.2) is 0 Å². The minimum absolute atomic E-state index is 0. The molecule has 0 atom stereocenters. The molecule has 686 valence electrons. The summed E-state index contributed by atoms with van der Waals surface area (Å²) < 4.78 is 0. The van der Waals surface area contributed by atoms with Gasteiger partial charge in [-0.3, -0.25) is 0 Å². The van der Waals surface area contributed by atoms with Crippen LogP contribution in [0.2, 0.25) is 0 Å². The first-order chi connectivity index (χ1) is 49.7. The van der Waals surface area contributed by atoms with Crippen molar-refractivity contribution in [2.24, 2.45) is 0 Å². The van der Waals surface area contributed by atoms with Gasteiger partial charge in [0.2, 0.25) is 0 Å². The number of hydrogen-bond acceptors (Lipinski definition) is 0. The van der Waals surface area contributed by atoms with E-state index in [9.17, 15) is 0 Å². The van der Waals surface area contributed by atoms with Gasteiger partial charge < -0.3 is 19.9 Å². The molecule has 0 saturated heterocycles. The van der Waals surface area contributed by atoms with Crippen molar-refractivity contribution >= 4 is 63.4 Å². The maximum absolute atomic E-state index is 5.09. The summed E-state index contributed by atoms with van der Waals surface area (Å²) in [5, 5.41) is 6.35. The van der Waals surface area contributed by atoms with Gasteiger partial charge in [-0.05, 0) is 332 Å². The van der Waals surface area contributed by atoms with Crippen LogP contribution in [-0.2, 0) is 171 Å². The summed E-state index contributed by atoms with van der Waals surface area (Å²) >= 11 is 0. The minimum Gasteiger partial charge on any atom is -0.659 e. The van der Waals surface area contributed by atoms with Gasteiger partial charge in [0.1, 0.15) is 0 Å². The van der Waals surface area contributed by atoms with Crippen LogP contribution in [0.1, 0.15) is 378 Å². The molecule has 0 aliphatic heterocycles. The third-order valence-electron chi connectivity index (χ3n) is 21.7. The Bertz CT molecular complexity index is 2760. The number of hydrogen-bond donors (Lipinski definition) is 0. The van der Waals surface area contributed by atoms with Gasteiger partial charge in [-0.25, -0.2) is 0 Å². The molecule has 0 spiro atoms.